The van der Waals surface area contributed by atoms with Crippen molar-refractivity contribution in [3.63, 3.8) is 0 Å². The number of esters is 1. The predicted octanol–water partition coefficient (Wildman–Crippen LogP) is 5.02. The third-order valence-corrected chi connectivity index (χ3v) is 13.5. The molecule has 5 heterocycles. The van der Waals surface area contributed by atoms with Gasteiger partial charge in [-0.15, -0.1) is 0 Å². The van der Waals surface area contributed by atoms with E-state index >= 15 is 0 Å². The van der Waals surface area contributed by atoms with Crippen LogP contribution in [0.15, 0.2) is 0 Å². The maximum Gasteiger partial charge on any atom is 0.311 e. The number of methoxy groups -OCH3 is 3. The molecule has 5 rings (SSSR count). The second kappa shape index (κ2) is 14.9. The maximum atomic E-state index is 12.4. The summed E-state index contributed by atoms with van der Waals surface area (Å²) in [6.07, 6.45) is 3.97. The molecular weight excluding hydrogens is 632 g/mol. The van der Waals surface area contributed by atoms with E-state index in [1.165, 1.54) is 7.11 Å². The molecule has 0 unspecified atom stereocenters. The molecule has 0 amide bonds. The van der Waals surface area contributed by atoms with E-state index in [1.54, 1.807) is 21.1 Å². The lowest BCUT2D eigenvalue weighted by molar-refractivity contribution is -0.337. The zero-order valence-electron chi connectivity index (χ0n) is 31.9. The molecule has 5 aliphatic heterocycles. The SMILES string of the molecule is CC[C@@]1([C@@H]2O[C@@H]([C@H]3O[C@](CO)(OC)[C@H](C)C[C@@H]3C)C[C@@H]2C)CC[C@H]([C@]2(C)CC[C@]3(C[C@H](O)[C@@H](C)[C@@H]([C@@H](C)[C@@H](OC)[C@H](C)C(=O)OC)O3)O2)O1. The summed E-state index contributed by atoms with van der Waals surface area (Å²) in [7, 11) is 4.59. The minimum Gasteiger partial charge on any atom is -0.469 e. The molecule has 0 aliphatic carbocycles. The summed E-state index contributed by atoms with van der Waals surface area (Å²) in [6, 6.07) is 0. The molecule has 49 heavy (non-hydrogen) atoms. The van der Waals surface area contributed by atoms with Crippen LogP contribution in [0.1, 0.15) is 107 Å². The van der Waals surface area contributed by atoms with Crippen molar-refractivity contribution in [3.8, 4) is 0 Å². The van der Waals surface area contributed by atoms with Gasteiger partial charge in [0.05, 0.1) is 73.6 Å². The first kappa shape index (κ1) is 39.3. The first-order chi connectivity index (χ1) is 23.1. The molecule has 0 saturated carbocycles. The average molecular weight is 699 g/mol. The highest BCUT2D eigenvalue weighted by molar-refractivity contribution is 5.72. The van der Waals surface area contributed by atoms with Crippen LogP contribution in [0.2, 0.25) is 0 Å². The van der Waals surface area contributed by atoms with Crippen molar-refractivity contribution in [3.05, 3.63) is 0 Å². The van der Waals surface area contributed by atoms with Crippen molar-refractivity contribution in [1.29, 1.82) is 0 Å². The Kier molecular flexibility index (Phi) is 11.9. The molecule has 5 aliphatic rings. The first-order valence-electron chi connectivity index (χ1n) is 18.9. The molecule has 5 saturated heterocycles. The smallest absolute Gasteiger partial charge is 0.311 e. The number of aliphatic hydroxyl groups excluding tert-OH is 2. The molecule has 284 valence electrons. The summed E-state index contributed by atoms with van der Waals surface area (Å²) in [5.74, 6) is -2.59. The Morgan fingerprint density at radius 1 is 0.980 bits per heavy atom. The van der Waals surface area contributed by atoms with E-state index < -0.39 is 40.9 Å². The second-order valence-corrected chi connectivity index (χ2v) is 16.7. The Morgan fingerprint density at radius 3 is 2.31 bits per heavy atom. The molecule has 1 spiro atoms. The van der Waals surface area contributed by atoms with Gasteiger partial charge in [-0.25, -0.2) is 0 Å². The number of hydrogen-bond acceptors (Lipinski definition) is 11. The second-order valence-electron chi connectivity index (χ2n) is 16.7. The summed E-state index contributed by atoms with van der Waals surface area (Å²) in [5, 5.41) is 21.6. The molecule has 0 aromatic rings. The summed E-state index contributed by atoms with van der Waals surface area (Å²) in [6.45, 7) is 16.5. The lowest BCUT2D eigenvalue weighted by Crippen LogP contribution is -2.57. The van der Waals surface area contributed by atoms with Crippen molar-refractivity contribution < 1.29 is 52.9 Å². The average Bonchev–Trinajstić information content (AvgIpc) is 3.79. The lowest BCUT2D eigenvalue weighted by Gasteiger charge is -2.49. The first-order valence-corrected chi connectivity index (χ1v) is 18.9. The van der Waals surface area contributed by atoms with Gasteiger partial charge in [-0.3, -0.25) is 4.79 Å². The fourth-order valence-electron chi connectivity index (χ4n) is 10.4. The van der Waals surface area contributed by atoms with Gasteiger partial charge in [0.25, 0.3) is 0 Å². The number of hydrogen-bond donors (Lipinski definition) is 2. The van der Waals surface area contributed by atoms with Crippen LogP contribution in [0.5, 0.6) is 0 Å². The zero-order valence-corrected chi connectivity index (χ0v) is 31.9. The zero-order chi connectivity index (χ0) is 36.1. The number of rotatable bonds is 11. The number of carbonyl (C=O) groups is 1. The van der Waals surface area contributed by atoms with Gasteiger partial charge in [-0.1, -0.05) is 41.5 Å². The largest absolute Gasteiger partial charge is 0.469 e. The third kappa shape index (κ3) is 6.99. The minimum absolute atomic E-state index is 0.0699. The van der Waals surface area contributed by atoms with Gasteiger partial charge in [-0.05, 0) is 64.2 Å². The maximum absolute atomic E-state index is 12.4. The van der Waals surface area contributed by atoms with Crippen molar-refractivity contribution in [2.75, 3.05) is 27.9 Å². The van der Waals surface area contributed by atoms with E-state index in [0.29, 0.717) is 12.8 Å². The van der Waals surface area contributed by atoms with Gasteiger partial charge in [-0.2, -0.15) is 0 Å². The third-order valence-electron chi connectivity index (χ3n) is 13.5. The van der Waals surface area contributed by atoms with Crippen LogP contribution in [0.25, 0.3) is 0 Å². The van der Waals surface area contributed by atoms with E-state index in [-0.39, 0.29) is 72.7 Å². The van der Waals surface area contributed by atoms with Crippen LogP contribution in [-0.4, -0.2) is 110 Å². The van der Waals surface area contributed by atoms with Gasteiger partial charge in [0.2, 0.25) is 0 Å². The molecule has 5 fully saturated rings. The molecule has 11 heteroatoms. The normalized spacial score (nSPS) is 49.2. The fraction of sp³-hybridized carbons (Fsp3) is 0.974. The predicted molar refractivity (Wildman–Crippen MR) is 181 cm³/mol. The van der Waals surface area contributed by atoms with Gasteiger partial charge < -0.3 is 48.1 Å². The monoisotopic (exact) mass is 698 g/mol. The Morgan fingerprint density at radius 2 is 1.69 bits per heavy atom. The quantitative estimate of drug-likeness (QED) is 0.282. The topological polar surface area (TPSA) is 131 Å². The van der Waals surface area contributed by atoms with Crippen molar-refractivity contribution >= 4 is 5.97 Å². The fourth-order valence-corrected chi connectivity index (χ4v) is 10.4. The van der Waals surface area contributed by atoms with Gasteiger partial charge in [0, 0.05) is 44.8 Å². The Labute approximate surface area is 294 Å². The molecule has 0 aromatic carbocycles. The lowest BCUT2D eigenvalue weighted by atomic mass is 9.78. The van der Waals surface area contributed by atoms with Gasteiger partial charge in [0.15, 0.2) is 11.6 Å². The summed E-state index contributed by atoms with van der Waals surface area (Å²) in [4.78, 5) is 12.4. The van der Waals surface area contributed by atoms with Crippen LogP contribution >= 0.6 is 0 Å². The number of aliphatic hydroxyl groups is 2. The molecule has 0 aromatic heterocycles. The Hall–Kier alpha value is -0.890. The van der Waals surface area contributed by atoms with E-state index in [4.69, 9.17) is 37.9 Å². The van der Waals surface area contributed by atoms with Crippen molar-refractivity contribution in [2.24, 2.45) is 35.5 Å². The summed E-state index contributed by atoms with van der Waals surface area (Å²) < 4.78 is 51.1. The van der Waals surface area contributed by atoms with E-state index in [1.807, 2.05) is 13.8 Å². The molecule has 0 bridgehead atoms. The van der Waals surface area contributed by atoms with Crippen LogP contribution in [0.4, 0.5) is 0 Å². The van der Waals surface area contributed by atoms with E-state index in [2.05, 4.69) is 34.6 Å². The van der Waals surface area contributed by atoms with Crippen LogP contribution < -0.4 is 0 Å². The van der Waals surface area contributed by atoms with Gasteiger partial charge in [0.1, 0.15) is 0 Å². The Bertz CT molecular complexity index is 1130. The molecule has 2 N–H and O–H groups in total. The summed E-state index contributed by atoms with van der Waals surface area (Å²) in [5.41, 5.74) is -1.07. The van der Waals surface area contributed by atoms with Crippen molar-refractivity contribution in [2.45, 2.75) is 172 Å². The summed E-state index contributed by atoms with van der Waals surface area (Å²) >= 11 is 0. The minimum atomic E-state index is -1.02. The van der Waals surface area contributed by atoms with E-state index in [9.17, 15) is 15.0 Å². The standard InChI is InChI=1S/C38H66O11/c1-12-36(33-22(3)18-28(45-33)30-21(2)17-23(4)38(20-39,44-11)48-30)14-13-29(46-36)35(8)15-16-37(49-35)19-27(40)24(5)32(47-37)25(6)31(42-9)26(7)34(41)43-10/h21-33,39-40H,12-20H2,1-11H3/t21-,22-,23+,24+,25-,26-,27-,28+,29+,30-,31+,32-,33+,35-,36-,37+,38-/m0/s1. The molecular formula is C38H66O11. The van der Waals surface area contributed by atoms with Crippen LogP contribution in [0, 0.1) is 35.5 Å². The Balaban J connectivity index is 1.29. The van der Waals surface area contributed by atoms with Crippen molar-refractivity contribution in [1.82, 2.24) is 0 Å². The van der Waals surface area contributed by atoms with Gasteiger partial charge >= 0.3 is 5.97 Å². The van der Waals surface area contributed by atoms with Crippen LogP contribution in [-0.2, 0) is 42.7 Å². The molecule has 17 atom stereocenters. The van der Waals surface area contributed by atoms with Crippen LogP contribution in [0.3, 0.4) is 0 Å². The molecule has 0 radical (unpaired) electrons. The number of carbonyl (C=O) groups excluding carboxylic acids is 1. The molecule has 11 nitrogen and oxygen atoms in total. The van der Waals surface area contributed by atoms with E-state index in [0.717, 1.165) is 38.5 Å². The highest BCUT2D eigenvalue weighted by Crippen LogP contribution is 2.55. The highest BCUT2D eigenvalue weighted by atomic mass is 16.7. The number of ether oxygens (including phenoxy) is 8. The highest BCUT2D eigenvalue weighted by Gasteiger charge is 2.62.